The van der Waals surface area contributed by atoms with Crippen molar-refractivity contribution in [3.8, 4) is 0 Å². The number of halogens is 3. The van der Waals surface area contributed by atoms with Crippen molar-refractivity contribution in [1.29, 1.82) is 0 Å². The Kier molecular flexibility index (Phi) is 8.28. The van der Waals surface area contributed by atoms with Gasteiger partial charge in [0.25, 0.3) is 5.91 Å². The van der Waals surface area contributed by atoms with Crippen LogP contribution in [0.1, 0.15) is 33.6 Å². The maximum Gasteiger partial charge on any atom is 0.265 e. The van der Waals surface area contributed by atoms with Gasteiger partial charge in [0, 0.05) is 19.0 Å². The number of hydrogen-bond donors (Lipinski definition) is 1. The molecule has 1 aromatic heterocycles. The molecule has 1 aliphatic heterocycles. The lowest BCUT2D eigenvalue weighted by Crippen LogP contribution is -2.33. The van der Waals surface area contributed by atoms with Gasteiger partial charge < -0.3 is 10.6 Å². The lowest BCUT2D eigenvalue weighted by atomic mass is 10.1. The van der Waals surface area contributed by atoms with Crippen molar-refractivity contribution in [2.75, 3.05) is 13.1 Å². The zero-order valence-corrected chi connectivity index (χ0v) is 16.3. The first-order valence-corrected chi connectivity index (χ1v) is 8.58. The molecule has 1 fully saturated rings. The van der Waals surface area contributed by atoms with Crippen LogP contribution in [0.15, 0.2) is 30.5 Å². The Morgan fingerprint density at radius 2 is 2.04 bits per heavy atom. The predicted octanol–water partition coefficient (Wildman–Crippen LogP) is 3.53. The first-order valence-electron chi connectivity index (χ1n) is 7.77. The van der Waals surface area contributed by atoms with Crippen LogP contribution in [0.25, 0.3) is 0 Å². The van der Waals surface area contributed by atoms with Crippen molar-refractivity contribution in [2.45, 2.75) is 25.8 Å². The summed E-state index contributed by atoms with van der Waals surface area (Å²) < 4.78 is 12.9. The number of carbonyl (C=O) groups excluding carboxylic acids is 1. The Balaban J connectivity index is 0.00000156. The van der Waals surface area contributed by atoms with Crippen molar-refractivity contribution in [1.82, 2.24) is 9.88 Å². The number of likely N-dealkylation sites (tertiary alicyclic amines) is 1. The van der Waals surface area contributed by atoms with E-state index in [1.54, 1.807) is 18.3 Å². The number of hydrogen-bond acceptors (Lipinski definition) is 4. The van der Waals surface area contributed by atoms with Crippen LogP contribution in [-0.2, 0) is 6.42 Å². The fraction of sp³-hybridized carbons (Fsp3) is 0.412. The molecule has 2 heterocycles. The number of nitrogens with two attached hydrogens (primary N) is 1. The molecular weight excluding hydrogens is 384 g/mol. The topological polar surface area (TPSA) is 59.2 Å². The van der Waals surface area contributed by atoms with E-state index in [0.29, 0.717) is 23.8 Å². The minimum atomic E-state index is -0.249. The molecule has 0 saturated carbocycles. The van der Waals surface area contributed by atoms with E-state index in [1.165, 1.54) is 23.5 Å². The number of thiazole rings is 1. The van der Waals surface area contributed by atoms with E-state index >= 15 is 0 Å². The van der Waals surface area contributed by atoms with Crippen LogP contribution in [0.2, 0.25) is 0 Å². The molecule has 2 aromatic rings. The lowest BCUT2D eigenvalue weighted by molar-refractivity contribution is 0.0748. The van der Waals surface area contributed by atoms with Crippen LogP contribution in [0, 0.1) is 11.7 Å². The van der Waals surface area contributed by atoms with Gasteiger partial charge in [0.1, 0.15) is 10.7 Å². The third-order valence-corrected chi connectivity index (χ3v) is 5.27. The van der Waals surface area contributed by atoms with Crippen molar-refractivity contribution in [2.24, 2.45) is 11.7 Å². The molecule has 1 aromatic carbocycles. The Morgan fingerprint density at radius 1 is 1.36 bits per heavy atom. The minimum Gasteiger partial charge on any atom is -0.335 e. The van der Waals surface area contributed by atoms with Crippen LogP contribution < -0.4 is 5.73 Å². The maximum absolute atomic E-state index is 12.9. The zero-order chi connectivity index (χ0) is 16.4. The Hall–Kier alpha value is -1.21. The van der Waals surface area contributed by atoms with E-state index in [2.05, 4.69) is 11.9 Å². The molecular formula is C17H22Cl2FN3OS. The van der Waals surface area contributed by atoms with Gasteiger partial charge in [-0.3, -0.25) is 4.79 Å². The highest BCUT2D eigenvalue weighted by Gasteiger charge is 2.32. The normalized spacial score (nSPS) is 19.2. The molecule has 0 radical (unpaired) electrons. The fourth-order valence-electron chi connectivity index (χ4n) is 3.01. The second-order valence-electron chi connectivity index (χ2n) is 6.07. The fourth-order valence-corrected chi connectivity index (χ4v) is 3.91. The van der Waals surface area contributed by atoms with E-state index in [9.17, 15) is 9.18 Å². The number of rotatable bonds is 4. The van der Waals surface area contributed by atoms with Gasteiger partial charge in [-0.1, -0.05) is 12.1 Å². The number of nitrogens with zero attached hydrogens (tertiary/aromatic N) is 2. The largest absolute Gasteiger partial charge is 0.335 e. The van der Waals surface area contributed by atoms with Gasteiger partial charge in [-0.2, -0.15) is 0 Å². The predicted molar refractivity (Wildman–Crippen MR) is 103 cm³/mol. The number of carbonyl (C=O) groups is 1. The first kappa shape index (κ1) is 21.8. The summed E-state index contributed by atoms with van der Waals surface area (Å²) in [5, 5.41) is 0.863. The average Bonchev–Trinajstić information content (AvgIpc) is 3.15. The summed E-state index contributed by atoms with van der Waals surface area (Å²) in [5.41, 5.74) is 6.71. The summed E-state index contributed by atoms with van der Waals surface area (Å²) in [6.45, 7) is 3.41. The molecule has 1 aliphatic rings. The number of benzene rings is 1. The highest BCUT2D eigenvalue weighted by Crippen LogP contribution is 2.26. The molecule has 4 nitrogen and oxygen atoms in total. The first-order chi connectivity index (χ1) is 11.1. The molecule has 25 heavy (non-hydrogen) atoms. The minimum absolute atomic E-state index is 0. The number of aromatic nitrogens is 1. The summed E-state index contributed by atoms with van der Waals surface area (Å²) in [4.78, 5) is 19.5. The molecule has 2 N–H and O–H groups in total. The molecule has 1 saturated heterocycles. The van der Waals surface area contributed by atoms with Gasteiger partial charge in [-0.05, 0) is 43.5 Å². The van der Waals surface area contributed by atoms with Crippen LogP contribution in [0.3, 0.4) is 0 Å². The van der Waals surface area contributed by atoms with Gasteiger partial charge in [0.15, 0.2) is 0 Å². The molecule has 0 aliphatic carbocycles. The summed E-state index contributed by atoms with van der Waals surface area (Å²) in [5.74, 6) is 0.179. The summed E-state index contributed by atoms with van der Waals surface area (Å²) >= 11 is 1.41. The van der Waals surface area contributed by atoms with Crippen LogP contribution in [-0.4, -0.2) is 34.9 Å². The van der Waals surface area contributed by atoms with Crippen LogP contribution >= 0.6 is 36.2 Å². The molecule has 8 heteroatoms. The van der Waals surface area contributed by atoms with E-state index in [-0.39, 0.29) is 42.6 Å². The quantitative estimate of drug-likeness (QED) is 0.845. The Bertz CT molecular complexity index is 695. The Labute approximate surface area is 163 Å². The molecule has 2 atom stereocenters. The molecule has 1 amide bonds. The summed E-state index contributed by atoms with van der Waals surface area (Å²) in [7, 11) is 0. The molecule has 3 rings (SSSR count). The van der Waals surface area contributed by atoms with Crippen molar-refractivity contribution in [3.63, 3.8) is 0 Å². The van der Waals surface area contributed by atoms with Crippen molar-refractivity contribution in [3.05, 3.63) is 51.7 Å². The second kappa shape index (κ2) is 9.48. The van der Waals surface area contributed by atoms with E-state index < -0.39 is 0 Å². The average molecular weight is 406 g/mol. The van der Waals surface area contributed by atoms with Crippen LogP contribution in [0.5, 0.6) is 0 Å². The highest BCUT2D eigenvalue weighted by molar-refractivity contribution is 7.13. The van der Waals surface area contributed by atoms with Crippen LogP contribution in [0.4, 0.5) is 4.39 Å². The van der Waals surface area contributed by atoms with Crippen molar-refractivity contribution < 1.29 is 9.18 Å². The molecule has 0 spiro atoms. The third-order valence-electron chi connectivity index (χ3n) is 4.29. The Morgan fingerprint density at radius 3 is 2.64 bits per heavy atom. The molecule has 2 unspecified atom stereocenters. The van der Waals surface area contributed by atoms with E-state index in [1.807, 2.05) is 4.90 Å². The van der Waals surface area contributed by atoms with Gasteiger partial charge in [-0.15, -0.1) is 36.2 Å². The van der Waals surface area contributed by atoms with Gasteiger partial charge in [0.05, 0.1) is 11.2 Å². The summed E-state index contributed by atoms with van der Waals surface area (Å²) in [6, 6.07) is 6.58. The van der Waals surface area contributed by atoms with Crippen molar-refractivity contribution >= 4 is 42.1 Å². The standard InChI is InChI=1S/C17H20FN3OS.2ClH/c1-11-6-13(8-19)10-21(11)17(22)15-9-20-16(23-15)7-12-2-4-14(18)5-3-12;;/h2-5,9,11,13H,6-8,10,19H2,1H3;2*1H. The number of amides is 1. The third kappa shape index (κ3) is 5.14. The lowest BCUT2D eigenvalue weighted by Gasteiger charge is -2.20. The monoisotopic (exact) mass is 405 g/mol. The van der Waals surface area contributed by atoms with Gasteiger partial charge in [-0.25, -0.2) is 9.37 Å². The molecule has 0 bridgehead atoms. The van der Waals surface area contributed by atoms with Gasteiger partial charge in [0.2, 0.25) is 0 Å². The van der Waals surface area contributed by atoms with E-state index in [0.717, 1.165) is 23.5 Å². The second-order valence-corrected chi connectivity index (χ2v) is 7.18. The van der Waals surface area contributed by atoms with Gasteiger partial charge >= 0.3 is 0 Å². The molecule has 138 valence electrons. The smallest absolute Gasteiger partial charge is 0.265 e. The summed E-state index contributed by atoms with van der Waals surface area (Å²) in [6.07, 6.45) is 3.22. The van der Waals surface area contributed by atoms with E-state index in [4.69, 9.17) is 5.73 Å². The maximum atomic E-state index is 12.9. The SMILES string of the molecule is CC1CC(CN)CN1C(=O)c1cnc(Cc2ccc(F)cc2)s1.Cl.Cl. The zero-order valence-electron chi connectivity index (χ0n) is 13.9. The highest BCUT2D eigenvalue weighted by atomic mass is 35.5.